The number of aromatic nitrogens is 4. The summed E-state index contributed by atoms with van der Waals surface area (Å²) in [6, 6.07) is 10.7. The fourth-order valence-corrected chi connectivity index (χ4v) is 4.26. The van der Waals surface area contributed by atoms with Gasteiger partial charge in [0, 0.05) is 11.4 Å². The van der Waals surface area contributed by atoms with E-state index in [1.165, 1.54) is 40.1 Å². The number of hydrogen-bond acceptors (Lipinski definition) is 4. The second-order valence-corrected chi connectivity index (χ2v) is 7.72. The molecule has 4 nitrogen and oxygen atoms in total. The molecule has 5 heteroatoms. The fraction of sp³-hybridized carbons (Fsp3) is 0.350. The van der Waals surface area contributed by atoms with E-state index in [-0.39, 0.29) is 0 Å². The first-order valence-corrected chi connectivity index (χ1v) is 9.71. The Morgan fingerprint density at radius 2 is 1.92 bits per heavy atom. The average molecular weight is 350 g/mol. The Labute approximate surface area is 152 Å². The molecule has 128 valence electrons. The first-order valence-electron chi connectivity index (χ1n) is 8.72. The molecule has 0 saturated heterocycles. The van der Waals surface area contributed by atoms with Gasteiger partial charge in [-0.1, -0.05) is 35.5 Å². The van der Waals surface area contributed by atoms with E-state index in [0.29, 0.717) is 0 Å². The highest BCUT2D eigenvalue weighted by molar-refractivity contribution is 7.98. The van der Waals surface area contributed by atoms with Crippen LogP contribution in [0.2, 0.25) is 0 Å². The van der Waals surface area contributed by atoms with Crippen LogP contribution in [0.5, 0.6) is 0 Å². The minimum absolute atomic E-state index is 0.808. The second kappa shape index (κ2) is 6.64. The molecule has 2 aromatic heterocycles. The Balaban J connectivity index is 1.50. The molecule has 0 bridgehead atoms. The lowest BCUT2D eigenvalue weighted by Crippen LogP contribution is -2.04. The SMILES string of the molecule is Cc1ccc(C)c(CSc2ccc(-n3nc4c(c3C)CCC4)nn2)c1. The van der Waals surface area contributed by atoms with Crippen molar-refractivity contribution in [3.05, 3.63) is 64.0 Å². The first-order chi connectivity index (χ1) is 12.1. The van der Waals surface area contributed by atoms with Crippen LogP contribution in [-0.4, -0.2) is 20.0 Å². The predicted molar refractivity (Wildman–Crippen MR) is 101 cm³/mol. The Morgan fingerprint density at radius 3 is 2.68 bits per heavy atom. The lowest BCUT2D eigenvalue weighted by molar-refractivity contribution is 0.738. The number of thioether (sulfide) groups is 1. The lowest BCUT2D eigenvalue weighted by atomic mass is 10.1. The number of hydrogen-bond donors (Lipinski definition) is 0. The van der Waals surface area contributed by atoms with Crippen LogP contribution in [0.1, 0.15) is 40.1 Å². The van der Waals surface area contributed by atoms with Crippen LogP contribution in [0.25, 0.3) is 5.82 Å². The van der Waals surface area contributed by atoms with Gasteiger partial charge in [-0.15, -0.1) is 10.2 Å². The van der Waals surface area contributed by atoms with Crippen molar-refractivity contribution in [2.24, 2.45) is 0 Å². The van der Waals surface area contributed by atoms with E-state index in [1.54, 1.807) is 11.8 Å². The molecule has 0 amide bonds. The smallest absolute Gasteiger partial charge is 0.176 e. The minimum atomic E-state index is 0.808. The molecule has 0 atom stereocenters. The largest absolute Gasteiger partial charge is 0.217 e. The van der Waals surface area contributed by atoms with Crippen molar-refractivity contribution in [1.29, 1.82) is 0 Å². The molecule has 2 heterocycles. The van der Waals surface area contributed by atoms with Crippen molar-refractivity contribution in [3.8, 4) is 5.82 Å². The Hall–Kier alpha value is -2.14. The van der Waals surface area contributed by atoms with Crippen molar-refractivity contribution in [1.82, 2.24) is 20.0 Å². The van der Waals surface area contributed by atoms with Crippen LogP contribution in [0.4, 0.5) is 0 Å². The van der Waals surface area contributed by atoms with Crippen LogP contribution >= 0.6 is 11.8 Å². The maximum absolute atomic E-state index is 4.71. The number of benzene rings is 1. The Kier molecular flexibility index (Phi) is 4.34. The normalized spacial score (nSPS) is 13.2. The molecule has 1 aliphatic rings. The summed E-state index contributed by atoms with van der Waals surface area (Å²) in [5.41, 5.74) is 7.81. The van der Waals surface area contributed by atoms with Crippen LogP contribution < -0.4 is 0 Å². The minimum Gasteiger partial charge on any atom is -0.217 e. The van der Waals surface area contributed by atoms with Gasteiger partial charge in [0.25, 0.3) is 0 Å². The van der Waals surface area contributed by atoms with E-state index < -0.39 is 0 Å². The van der Waals surface area contributed by atoms with Crippen molar-refractivity contribution in [3.63, 3.8) is 0 Å². The van der Waals surface area contributed by atoms with Gasteiger partial charge in [0.05, 0.1) is 5.69 Å². The van der Waals surface area contributed by atoms with Gasteiger partial charge in [0.1, 0.15) is 5.03 Å². The van der Waals surface area contributed by atoms with Gasteiger partial charge in [-0.2, -0.15) is 5.10 Å². The van der Waals surface area contributed by atoms with Gasteiger partial charge < -0.3 is 0 Å². The quantitative estimate of drug-likeness (QED) is 0.656. The van der Waals surface area contributed by atoms with E-state index in [2.05, 4.69) is 49.2 Å². The molecule has 1 aromatic carbocycles. The van der Waals surface area contributed by atoms with Crippen LogP contribution in [0.15, 0.2) is 35.4 Å². The molecule has 0 fully saturated rings. The van der Waals surface area contributed by atoms with Gasteiger partial charge in [-0.25, -0.2) is 4.68 Å². The molecule has 0 N–H and O–H groups in total. The summed E-state index contributed by atoms with van der Waals surface area (Å²) in [4.78, 5) is 0. The third-order valence-electron chi connectivity index (χ3n) is 4.89. The highest BCUT2D eigenvalue weighted by Gasteiger charge is 2.20. The highest BCUT2D eigenvalue weighted by atomic mass is 32.2. The zero-order valence-corrected chi connectivity index (χ0v) is 15.7. The molecule has 1 aliphatic carbocycles. The zero-order chi connectivity index (χ0) is 17.4. The first kappa shape index (κ1) is 16.3. The number of fused-ring (bicyclic) bond motifs is 1. The maximum Gasteiger partial charge on any atom is 0.176 e. The summed E-state index contributed by atoms with van der Waals surface area (Å²) in [5.74, 6) is 1.72. The van der Waals surface area contributed by atoms with Crippen molar-refractivity contribution < 1.29 is 0 Å². The van der Waals surface area contributed by atoms with E-state index in [9.17, 15) is 0 Å². The zero-order valence-electron chi connectivity index (χ0n) is 14.9. The second-order valence-electron chi connectivity index (χ2n) is 6.72. The highest BCUT2D eigenvalue weighted by Crippen LogP contribution is 2.27. The standard InChI is InChI=1S/C20H22N4S/c1-13-7-8-14(2)16(11-13)12-25-20-10-9-19(21-22-20)24-15(3)17-5-4-6-18(17)23-24/h7-11H,4-6,12H2,1-3H3. The van der Waals surface area contributed by atoms with Crippen LogP contribution in [0, 0.1) is 20.8 Å². The predicted octanol–water partition coefficient (Wildman–Crippen LogP) is 4.37. The van der Waals surface area contributed by atoms with Crippen molar-refractivity contribution >= 4 is 11.8 Å². The topological polar surface area (TPSA) is 43.6 Å². The molecule has 4 rings (SSSR count). The van der Waals surface area contributed by atoms with Crippen LogP contribution in [-0.2, 0) is 18.6 Å². The monoisotopic (exact) mass is 350 g/mol. The van der Waals surface area contributed by atoms with Gasteiger partial charge in [-0.05, 0) is 68.9 Å². The summed E-state index contributed by atoms with van der Waals surface area (Å²) < 4.78 is 1.94. The Morgan fingerprint density at radius 1 is 1.04 bits per heavy atom. The molecule has 3 aromatic rings. The summed E-state index contributed by atoms with van der Waals surface area (Å²) in [5, 5.41) is 14.5. The van der Waals surface area contributed by atoms with Gasteiger partial charge in [-0.3, -0.25) is 0 Å². The summed E-state index contributed by atoms with van der Waals surface area (Å²) >= 11 is 1.73. The average Bonchev–Trinajstić information content (AvgIpc) is 3.19. The van der Waals surface area contributed by atoms with Gasteiger partial charge >= 0.3 is 0 Å². The lowest BCUT2D eigenvalue weighted by Gasteiger charge is -2.07. The molecule has 0 spiro atoms. The molecular weight excluding hydrogens is 328 g/mol. The molecule has 25 heavy (non-hydrogen) atoms. The van der Waals surface area contributed by atoms with Gasteiger partial charge in [0.2, 0.25) is 0 Å². The summed E-state index contributed by atoms with van der Waals surface area (Å²) in [6.45, 7) is 6.41. The van der Waals surface area contributed by atoms with E-state index in [0.717, 1.165) is 29.4 Å². The van der Waals surface area contributed by atoms with E-state index in [4.69, 9.17) is 5.10 Å². The summed E-state index contributed by atoms with van der Waals surface area (Å²) in [6.07, 6.45) is 3.44. The fourth-order valence-electron chi connectivity index (χ4n) is 3.38. The molecule has 0 aliphatic heterocycles. The summed E-state index contributed by atoms with van der Waals surface area (Å²) in [7, 11) is 0. The number of nitrogens with zero attached hydrogens (tertiary/aromatic N) is 4. The van der Waals surface area contributed by atoms with Crippen molar-refractivity contribution in [2.45, 2.75) is 50.8 Å². The van der Waals surface area contributed by atoms with Gasteiger partial charge in [0.15, 0.2) is 5.82 Å². The molecular formula is C20H22N4S. The van der Waals surface area contributed by atoms with E-state index in [1.807, 2.05) is 16.8 Å². The van der Waals surface area contributed by atoms with E-state index >= 15 is 0 Å². The van der Waals surface area contributed by atoms with Crippen LogP contribution in [0.3, 0.4) is 0 Å². The Bertz CT molecular complexity index is 912. The third kappa shape index (κ3) is 3.21. The number of rotatable bonds is 4. The molecule has 0 radical (unpaired) electrons. The third-order valence-corrected chi connectivity index (χ3v) is 5.86. The molecule has 0 unspecified atom stereocenters. The molecule has 0 saturated carbocycles. The number of aryl methyl sites for hydroxylation is 3. The maximum atomic E-state index is 4.71. The van der Waals surface area contributed by atoms with Crippen molar-refractivity contribution in [2.75, 3.05) is 0 Å².